The van der Waals surface area contributed by atoms with Crippen molar-refractivity contribution in [1.29, 1.82) is 0 Å². The molecule has 0 spiro atoms. The van der Waals surface area contributed by atoms with Crippen molar-refractivity contribution in [2.24, 2.45) is 24.1 Å². The lowest BCUT2D eigenvalue weighted by Crippen LogP contribution is -2.53. The summed E-state index contributed by atoms with van der Waals surface area (Å²) in [4.78, 5) is 12.1. The second kappa shape index (κ2) is 5.10. The lowest BCUT2D eigenvalue weighted by molar-refractivity contribution is -0.138. The molecule has 1 amide bonds. The molecule has 5 nitrogen and oxygen atoms in total. The standard InChI is InChI=1S/C13H22N4O/c1-10-5-13(6-10,9-14)12(18)15-4-3-11-7-16-17(2)8-11/h7-8,10H,3-6,9,14H2,1-2H3,(H,15,18). The van der Waals surface area contributed by atoms with Crippen LogP contribution < -0.4 is 11.1 Å². The summed E-state index contributed by atoms with van der Waals surface area (Å²) in [6, 6.07) is 0. The van der Waals surface area contributed by atoms with Crippen molar-refractivity contribution < 1.29 is 4.79 Å². The summed E-state index contributed by atoms with van der Waals surface area (Å²) in [5, 5.41) is 7.10. The van der Waals surface area contributed by atoms with Crippen LogP contribution in [0.1, 0.15) is 25.3 Å². The van der Waals surface area contributed by atoms with Gasteiger partial charge in [-0.2, -0.15) is 5.10 Å². The predicted molar refractivity (Wildman–Crippen MR) is 69.8 cm³/mol. The van der Waals surface area contributed by atoms with Gasteiger partial charge in [0.05, 0.1) is 11.6 Å². The third-order valence-corrected chi connectivity index (χ3v) is 3.81. The van der Waals surface area contributed by atoms with Gasteiger partial charge < -0.3 is 11.1 Å². The Morgan fingerprint density at radius 1 is 1.67 bits per heavy atom. The fraction of sp³-hybridized carbons (Fsp3) is 0.692. The second-order valence-electron chi connectivity index (χ2n) is 5.53. The van der Waals surface area contributed by atoms with Crippen molar-refractivity contribution >= 4 is 5.91 Å². The van der Waals surface area contributed by atoms with E-state index in [1.54, 1.807) is 4.68 Å². The molecule has 1 aromatic rings. The first-order valence-corrected chi connectivity index (χ1v) is 6.51. The Balaban J connectivity index is 1.78. The Morgan fingerprint density at radius 3 is 2.89 bits per heavy atom. The Hall–Kier alpha value is -1.36. The molecule has 1 aliphatic carbocycles. The quantitative estimate of drug-likeness (QED) is 0.797. The molecule has 0 aliphatic heterocycles. The topological polar surface area (TPSA) is 72.9 Å². The molecule has 0 aromatic carbocycles. The van der Waals surface area contributed by atoms with Crippen molar-refractivity contribution in [3.63, 3.8) is 0 Å². The minimum atomic E-state index is -0.297. The zero-order valence-corrected chi connectivity index (χ0v) is 11.1. The van der Waals surface area contributed by atoms with Crippen molar-refractivity contribution in [2.45, 2.75) is 26.2 Å². The molecular formula is C13H22N4O. The first kappa shape index (κ1) is 13.1. The van der Waals surface area contributed by atoms with Gasteiger partial charge in [-0.15, -0.1) is 0 Å². The number of nitrogens with two attached hydrogens (primary N) is 1. The molecule has 2 rings (SSSR count). The maximum absolute atomic E-state index is 12.1. The molecule has 100 valence electrons. The summed E-state index contributed by atoms with van der Waals surface area (Å²) in [6.45, 7) is 3.27. The number of hydrogen-bond acceptors (Lipinski definition) is 3. The van der Waals surface area contributed by atoms with Crippen LogP contribution in [0.4, 0.5) is 0 Å². The van der Waals surface area contributed by atoms with Gasteiger partial charge in [-0.3, -0.25) is 9.48 Å². The molecule has 0 radical (unpaired) electrons. The van der Waals surface area contributed by atoms with E-state index in [9.17, 15) is 4.79 Å². The number of hydrogen-bond donors (Lipinski definition) is 2. The van der Waals surface area contributed by atoms with Crippen LogP contribution in [-0.2, 0) is 18.3 Å². The van der Waals surface area contributed by atoms with Crippen LogP contribution in [0, 0.1) is 11.3 Å². The van der Waals surface area contributed by atoms with Crippen LogP contribution >= 0.6 is 0 Å². The van der Waals surface area contributed by atoms with Gasteiger partial charge >= 0.3 is 0 Å². The number of aryl methyl sites for hydroxylation is 1. The van der Waals surface area contributed by atoms with Gasteiger partial charge in [-0.1, -0.05) is 6.92 Å². The molecule has 0 unspecified atom stereocenters. The summed E-state index contributed by atoms with van der Waals surface area (Å²) in [6.07, 6.45) is 6.45. The van der Waals surface area contributed by atoms with E-state index in [1.165, 1.54) is 0 Å². The summed E-state index contributed by atoms with van der Waals surface area (Å²) in [5.41, 5.74) is 6.59. The van der Waals surface area contributed by atoms with Crippen LogP contribution in [0.3, 0.4) is 0 Å². The number of aromatic nitrogens is 2. The molecule has 1 aliphatic rings. The summed E-state index contributed by atoms with van der Waals surface area (Å²) in [5.74, 6) is 0.740. The van der Waals surface area contributed by atoms with Gasteiger partial charge in [0.2, 0.25) is 5.91 Å². The fourth-order valence-corrected chi connectivity index (χ4v) is 2.83. The van der Waals surface area contributed by atoms with Gasteiger partial charge in [-0.25, -0.2) is 0 Å². The molecule has 0 saturated heterocycles. The molecule has 18 heavy (non-hydrogen) atoms. The number of amides is 1. The second-order valence-corrected chi connectivity index (χ2v) is 5.53. The van der Waals surface area contributed by atoms with Gasteiger partial charge in [0.1, 0.15) is 0 Å². The average Bonchev–Trinajstić information content (AvgIpc) is 2.70. The highest BCUT2D eigenvalue weighted by Crippen LogP contribution is 2.44. The largest absolute Gasteiger partial charge is 0.355 e. The number of nitrogens with zero attached hydrogens (tertiary/aromatic N) is 2. The van der Waals surface area contributed by atoms with Crippen LogP contribution in [0.25, 0.3) is 0 Å². The third-order valence-electron chi connectivity index (χ3n) is 3.81. The Bertz CT molecular complexity index is 420. The number of carbonyl (C=O) groups excluding carboxylic acids is 1. The van der Waals surface area contributed by atoms with Crippen LogP contribution in [0.5, 0.6) is 0 Å². The lowest BCUT2D eigenvalue weighted by atomic mass is 9.62. The molecule has 1 saturated carbocycles. The smallest absolute Gasteiger partial charge is 0.227 e. The number of nitrogens with one attached hydrogen (secondary N) is 1. The van der Waals surface area contributed by atoms with Gasteiger partial charge in [0.25, 0.3) is 0 Å². The number of carbonyl (C=O) groups is 1. The highest BCUT2D eigenvalue weighted by molar-refractivity contribution is 5.83. The minimum Gasteiger partial charge on any atom is -0.355 e. The maximum Gasteiger partial charge on any atom is 0.227 e. The van der Waals surface area contributed by atoms with Crippen molar-refractivity contribution in [1.82, 2.24) is 15.1 Å². The van der Waals surface area contributed by atoms with Crippen LogP contribution in [0.2, 0.25) is 0 Å². The van der Waals surface area contributed by atoms with E-state index < -0.39 is 0 Å². The van der Waals surface area contributed by atoms with E-state index in [1.807, 2.05) is 19.4 Å². The Morgan fingerprint density at radius 2 is 2.39 bits per heavy atom. The first-order valence-electron chi connectivity index (χ1n) is 6.51. The molecule has 3 N–H and O–H groups in total. The van der Waals surface area contributed by atoms with Crippen molar-refractivity contribution in [3.05, 3.63) is 18.0 Å². The predicted octanol–water partition coefficient (Wildman–Crippen LogP) is 0.454. The number of rotatable bonds is 5. The van der Waals surface area contributed by atoms with Crippen LogP contribution in [0.15, 0.2) is 12.4 Å². The van der Waals surface area contributed by atoms with Crippen LogP contribution in [-0.4, -0.2) is 28.8 Å². The zero-order valence-electron chi connectivity index (χ0n) is 11.1. The van der Waals surface area contributed by atoms with E-state index in [0.717, 1.165) is 24.8 Å². The molecule has 1 heterocycles. The Kier molecular flexibility index (Phi) is 3.71. The van der Waals surface area contributed by atoms with Gasteiger partial charge in [0.15, 0.2) is 0 Å². The molecule has 5 heteroatoms. The normalized spacial score (nSPS) is 26.7. The fourth-order valence-electron chi connectivity index (χ4n) is 2.83. The van der Waals surface area contributed by atoms with E-state index in [-0.39, 0.29) is 11.3 Å². The highest BCUT2D eigenvalue weighted by Gasteiger charge is 2.46. The molecule has 0 atom stereocenters. The SMILES string of the molecule is CC1CC(CN)(C(=O)NCCc2cnn(C)c2)C1. The molecule has 1 fully saturated rings. The van der Waals surface area contributed by atoms with E-state index >= 15 is 0 Å². The van der Waals surface area contributed by atoms with Crippen molar-refractivity contribution in [3.8, 4) is 0 Å². The zero-order chi connectivity index (χ0) is 13.2. The summed E-state index contributed by atoms with van der Waals surface area (Å²) >= 11 is 0. The summed E-state index contributed by atoms with van der Waals surface area (Å²) < 4.78 is 1.77. The average molecular weight is 250 g/mol. The maximum atomic E-state index is 12.1. The first-order chi connectivity index (χ1) is 8.55. The lowest BCUT2D eigenvalue weighted by Gasteiger charge is -2.44. The van der Waals surface area contributed by atoms with E-state index in [2.05, 4.69) is 17.3 Å². The molecule has 1 aromatic heterocycles. The van der Waals surface area contributed by atoms with Gasteiger partial charge in [-0.05, 0) is 30.7 Å². The van der Waals surface area contributed by atoms with Crippen molar-refractivity contribution in [2.75, 3.05) is 13.1 Å². The Labute approximate surface area is 108 Å². The molecular weight excluding hydrogens is 228 g/mol. The van der Waals surface area contributed by atoms with E-state index in [0.29, 0.717) is 19.0 Å². The highest BCUT2D eigenvalue weighted by atomic mass is 16.2. The summed E-state index contributed by atoms with van der Waals surface area (Å²) in [7, 11) is 1.89. The minimum absolute atomic E-state index is 0.118. The van der Waals surface area contributed by atoms with E-state index in [4.69, 9.17) is 5.73 Å². The third kappa shape index (κ3) is 2.56. The van der Waals surface area contributed by atoms with Gasteiger partial charge in [0, 0.05) is 26.3 Å². The molecule has 0 bridgehead atoms. The monoisotopic (exact) mass is 250 g/mol.